The van der Waals surface area contributed by atoms with Crippen molar-refractivity contribution in [1.82, 2.24) is 4.90 Å². The largest absolute Gasteiger partial charge is 0.493 e. The number of halogens is 1. The van der Waals surface area contributed by atoms with Gasteiger partial charge in [-0.1, -0.05) is 23.8 Å². The second-order valence-electron chi connectivity index (χ2n) is 8.57. The van der Waals surface area contributed by atoms with Gasteiger partial charge in [-0.2, -0.15) is 0 Å². The summed E-state index contributed by atoms with van der Waals surface area (Å²) in [4.78, 5) is 42.4. The van der Waals surface area contributed by atoms with Crippen molar-refractivity contribution in [3.8, 4) is 11.5 Å². The average molecular weight is 491 g/mol. The number of hydrogen-bond donors (Lipinski definition) is 0. The molecule has 1 heterocycles. The first kappa shape index (κ1) is 24.9. The maximum atomic E-state index is 13.5. The highest BCUT2D eigenvalue weighted by molar-refractivity contribution is 6.23. The van der Waals surface area contributed by atoms with Crippen molar-refractivity contribution in [2.75, 3.05) is 25.7 Å². The van der Waals surface area contributed by atoms with Gasteiger partial charge in [0.25, 0.3) is 11.8 Å². The van der Waals surface area contributed by atoms with E-state index in [0.29, 0.717) is 23.6 Å². The zero-order valence-electron chi connectivity index (χ0n) is 20.4. The maximum absolute atomic E-state index is 13.5. The van der Waals surface area contributed by atoms with Gasteiger partial charge in [0.15, 0.2) is 11.5 Å². The van der Waals surface area contributed by atoms with E-state index in [1.165, 1.54) is 36.3 Å². The van der Waals surface area contributed by atoms with Crippen LogP contribution in [0, 0.1) is 12.7 Å². The summed E-state index contributed by atoms with van der Waals surface area (Å²) in [6.45, 7) is 2.08. The van der Waals surface area contributed by atoms with Gasteiger partial charge in [0.05, 0.1) is 26.3 Å². The molecule has 1 saturated heterocycles. The molecule has 3 aromatic rings. The van der Waals surface area contributed by atoms with Crippen molar-refractivity contribution >= 4 is 23.4 Å². The first-order chi connectivity index (χ1) is 17.3. The number of amides is 3. The summed E-state index contributed by atoms with van der Waals surface area (Å²) >= 11 is 0. The van der Waals surface area contributed by atoms with Crippen molar-refractivity contribution < 1.29 is 28.2 Å². The lowest BCUT2D eigenvalue weighted by atomic mass is 10.1. The van der Waals surface area contributed by atoms with Crippen LogP contribution in [-0.4, -0.2) is 49.4 Å². The summed E-state index contributed by atoms with van der Waals surface area (Å²) in [7, 11) is 3.08. The fourth-order valence-corrected chi connectivity index (χ4v) is 4.27. The van der Waals surface area contributed by atoms with Crippen molar-refractivity contribution in [2.45, 2.75) is 25.8 Å². The molecule has 4 rings (SSSR count). The lowest BCUT2D eigenvalue weighted by molar-refractivity contribution is -0.122. The Kier molecular flexibility index (Phi) is 7.33. The summed E-state index contributed by atoms with van der Waals surface area (Å²) in [6, 6.07) is 16.7. The minimum Gasteiger partial charge on any atom is -0.493 e. The van der Waals surface area contributed by atoms with Crippen LogP contribution in [-0.2, 0) is 16.0 Å². The molecule has 1 atom stereocenters. The highest BCUT2D eigenvalue weighted by atomic mass is 19.1. The SMILES string of the molecule is COc1ccc(CCN(C(=O)c2ccc(F)cc2)C2CC(=O)N(c3ccc(C)cc3)C2=O)cc1OC. The van der Waals surface area contributed by atoms with E-state index < -0.39 is 23.7 Å². The molecule has 0 aliphatic carbocycles. The number of hydrogen-bond acceptors (Lipinski definition) is 5. The summed E-state index contributed by atoms with van der Waals surface area (Å²) in [6.07, 6.45) is 0.265. The van der Waals surface area contributed by atoms with Gasteiger partial charge in [-0.3, -0.25) is 14.4 Å². The summed E-state index contributed by atoms with van der Waals surface area (Å²) < 4.78 is 24.1. The van der Waals surface area contributed by atoms with Crippen LogP contribution in [0.15, 0.2) is 66.7 Å². The van der Waals surface area contributed by atoms with Crippen LogP contribution in [0.5, 0.6) is 11.5 Å². The molecule has 0 radical (unpaired) electrons. The Hall–Kier alpha value is -4.20. The van der Waals surface area contributed by atoms with Crippen molar-refractivity contribution in [1.29, 1.82) is 0 Å². The van der Waals surface area contributed by atoms with Gasteiger partial charge in [0.2, 0.25) is 5.91 Å². The fourth-order valence-electron chi connectivity index (χ4n) is 4.27. The average Bonchev–Trinajstić information content (AvgIpc) is 3.18. The third kappa shape index (κ3) is 5.07. The number of methoxy groups -OCH3 is 2. The van der Waals surface area contributed by atoms with Crippen LogP contribution in [0.4, 0.5) is 10.1 Å². The highest BCUT2D eigenvalue weighted by Gasteiger charge is 2.44. The topological polar surface area (TPSA) is 76.2 Å². The molecule has 186 valence electrons. The highest BCUT2D eigenvalue weighted by Crippen LogP contribution is 2.30. The van der Waals surface area contributed by atoms with E-state index in [-0.39, 0.29) is 24.4 Å². The Labute approximate surface area is 209 Å². The van der Waals surface area contributed by atoms with Crippen LogP contribution < -0.4 is 14.4 Å². The zero-order chi connectivity index (χ0) is 25.8. The van der Waals surface area contributed by atoms with E-state index >= 15 is 0 Å². The van der Waals surface area contributed by atoms with Crippen molar-refractivity contribution in [3.05, 3.63) is 89.2 Å². The molecule has 1 unspecified atom stereocenters. The summed E-state index contributed by atoms with van der Waals surface area (Å²) in [5, 5.41) is 0. The smallest absolute Gasteiger partial charge is 0.257 e. The predicted octanol–water partition coefficient (Wildman–Crippen LogP) is 4.17. The number of rotatable bonds is 8. The molecule has 0 aromatic heterocycles. The fraction of sp³-hybridized carbons (Fsp3) is 0.250. The molecule has 3 amide bonds. The molecule has 1 fully saturated rings. The first-order valence-electron chi connectivity index (χ1n) is 11.5. The van der Waals surface area contributed by atoms with Gasteiger partial charge in [-0.15, -0.1) is 0 Å². The molecule has 1 aliphatic rings. The van der Waals surface area contributed by atoms with Crippen molar-refractivity contribution in [2.24, 2.45) is 0 Å². The minimum atomic E-state index is -0.975. The molecular formula is C28H27FN2O5. The predicted molar refractivity (Wildman–Crippen MR) is 133 cm³/mol. The standard InChI is InChI=1S/C28H27FN2O5/c1-18-4-11-22(12-5-18)31-26(32)17-23(28(31)34)30(27(33)20-7-9-21(29)10-8-20)15-14-19-6-13-24(35-2)25(16-19)36-3/h4-13,16,23H,14-15,17H2,1-3H3. The molecule has 1 aliphatic heterocycles. The molecule has 8 heteroatoms. The molecule has 0 N–H and O–H groups in total. The zero-order valence-corrected chi connectivity index (χ0v) is 20.4. The van der Waals surface area contributed by atoms with E-state index in [4.69, 9.17) is 9.47 Å². The molecule has 0 bridgehead atoms. The van der Waals surface area contributed by atoms with Gasteiger partial charge in [-0.25, -0.2) is 9.29 Å². The number of benzene rings is 3. The van der Waals surface area contributed by atoms with E-state index in [0.717, 1.165) is 16.0 Å². The molecule has 0 saturated carbocycles. The Morgan fingerprint density at radius 1 is 0.972 bits per heavy atom. The molecule has 7 nitrogen and oxygen atoms in total. The Balaban J connectivity index is 1.63. The Morgan fingerprint density at radius 2 is 1.64 bits per heavy atom. The van der Waals surface area contributed by atoms with Crippen LogP contribution in [0.1, 0.15) is 27.9 Å². The van der Waals surface area contributed by atoms with E-state index in [2.05, 4.69) is 0 Å². The number of nitrogens with zero attached hydrogens (tertiary/aromatic N) is 2. The van der Waals surface area contributed by atoms with Gasteiger partial charge in [0.1, 0.15) is 11.9 Å². The van der Waals surface area contributed by atoms with Crippen LogP contribution in [0.3, 0.4) is 0 Å². The maximum Gasteiger partial charge on any atom is 0.257 e. The number of carbonyl (C=O) groups is 3. The lowest BCUT2D eigenvalue weighted by Crippen LogP contribution is -2.46. The van der Waals surface area contributed by atoms with Gasteiger partial charge < -0.3 is 14.4 Å². The molecule has 3 aromatic carbocycles. The summed E-state index contributed by atoms with van der Waals surface area (Å²) in [5.41, 5.74) is 2.55. The third-order valence-electron chi connectivity index (χ3n) is 6.23. The number of carbonyl (C=O) groups excluding carboxylic acids is 3. The lowest BCUT2D eigenvalue weighted by Gasteiger charge is -2.28. The van der Waals surface area contributed by atoms with Crippen molar-refractivity contribution in [3.63, 3.8) is 0 Å². The molecule has 0 spiro atoms. The van der Waals surface area contributed by atoms with Crippen LogP contribution >= 0.6 is 0 Å². The minimum absolute atomic E-state index is 0.133. The Morgan fingerprint density at radius 3 is 2.28 bits per heavy atom. The number of imide groups is 1. The van der Waals surface area contributed by atoms with Gasteiger partial charge >= 0.3 is 0 Å². The Bertz CT molecular complexity index is 1270. The third-order valence-corrected chi connectivity index (χ3v) is 6.23. The monoisotopic (exact) mass is 490 g/mol. The quantitative estimate of drug-likeness (QED) is 0.443. The van der Waals surface area contributed by atoms with Gasteiger partial charge in [0, 0.05) is 12.1 Å². The van der Waals surface area contributed by atoms with Gasteiger partial charge in [-0.05, 0) is 67.4 Å². The van der Waals surface area contributed by atoms with Crippen LogP contribution in [0.2, 0.25) is 0 Å². The first-order valence-corrected chi connectivity index (χ1v) is 11.5. The second kappa shape index (κ2) is 10.6. The van der Waals surface area contributed by atoms with Crippen LogP contribution in [0.25, 0.3) is 0 Å². The van der Waals surface area contributed by atoms with E-state index in [1.54, 1.807) is 31.4 Å². The molecule has 36 heavy (non-hydrogen) atoms. The van der Waals surface area contributed by atoms with E-state index in [9.17, 15) is 18.8 Å². The number of anilines is 1. The second-order valence-corrected chi connectivity index (χ2v) is 8.57. The number of ether oxygens (including phenoxy) is 2. The normalized spacial score (nSPS) is 15.2. The molecular weight excluding hydrogens is 463 g/mol. The van der Waals surface area contributed by atoms with E-state index in [1.807, 2.05) is 25.1 Å². The number of aryl methyl sites for hydroxylation is 1. The summed E-state index contributed by atoms with van der Waals surface area (Å²) in [5.74, 6) is -0.646.